The average Bonchev–Trinajstić information content (AvgIpc) is 3.05. The van der Waals surface area contributed by atoms with Crippen molar-refractivity contribution in [2.45, 2.75) is 193 Å². The molecule has 0 aliphatic rings. The predicted molar refractivity (Wildman–Crippen MR) is 198 cm³/mol. The number of hydrogen-bond donors (Lipinski definition) is 4. The fourth-order valence-electron chi connectivity index (χ4n) is 5.58. The van der Waals surface area contributed by atoms with Crippen LogP contribution in [0.1, 0.15) is 181 Å². The van der Waals surface area contributed by atoms with Crippen LogP contribution >= 0.6 is 7.82 Å². The molecule has 0 fully saturated rings. The Morgan fingerprint density at radius 3 is 1.72 bits per heavy atom. The molecule has 9 heteroatoms. The highest BCUT2D eigenvalue weighted by molar-refractivity contribution is 7.47. The van der Waals surface area contributed by atoms with Crippen LogP contribution in [0.25, 0.3) is 0 Å². The summed E-state index contributed by atoms with van der Waals surface area (Å²) >= 11 is 0. The minimum atomic E-state index is -4.31. The first-order valence-corrected chi connectivity index (χ1v) is 20.9. The number of nitrogens with two attached hydrogens (primary N) is 1. The van der Waals surface area contributed by atoms with Gasteiger partial charge in [0.25, 0.3) is 0 Å². The van der Waals surface area contributed by atoms with Crippen LogP contribution in [0.3, 0.4) is 0 Å². The molecule has 5 N–H and O–H groups in total. The molecule has 0 bridgehead atoms. The molecule has 47 heavy (non-hydrogen) atoms. The maximum atomic E-state index is 12.7. The number of rotatable bonds is 36. The smallest absolute Gasteiger partial charge is 0.391 e. The summed E-state index contributed by atoms with van der Waals surface area (Å²) in [7, 11) is -4.31. The zero-order valence-electron chi connectivity index (χ0n) is 30.5. The van der Waals surface area contributed by atoms with Gasteiger partial charge in [0.2, 0.25) is 5.91 Å². The van der Waals surface area contributed by atoms with E-state index in [9.17, 15) is 19.4 Å². The molecule has 1 amide bonds. The third kappa shape index (κ3) is 33.3. The first kappa shape index (κ1) is 46.0. The number of hydrogen-bond acceptors (Lipinski definition) is 6. The predicted octanol–water partition coefficient (Wildman–Crippen LogP) is 10.2. The molecule has 0 saturated carbocycles. The van der Waals surface area contributed by atoms with Crippen LogP contribution in [0, 0.1) is 0 Å². The Morgan fingerprint density at radius 1 is 0.702 bits per heavy atom. The molecule has 3 atom stereocenters. The van der Waals surface area contributed by atoms with Crippen LogP contribution in [0.2, 0.25) is 0 Å². The highest BCUT2D eigenvalue weighted by Crippen LogP contribution is 2.43. The van der Waals surface area contributed by atoms with Crippen LogP contribution < -0.4 is 11.1 Å². The Bertz CT molecular complexity index is 794. The van der Waals surface area contributed by atoms with Gasteiger partial charge in [-0.2, -0.15) is 0 Å². The lowest BCUT2D eigenvalue weighted by Gasteiger charge is -2.25. The Balaban J connectivity index is 4.22. The number of carbonyl (C=O) groups is 1. The second-order valence-corrected chi connectivity index (χ2v) is 14.6. The van der Waals surface area contributed by atoms with E-state index in [0.717, 1.165) is 51.4 Å². The molecule has 0 saturated heterocycles. The van der Waals surface area contributed by atoms with Crippen molar-refractivity contribution in [3.63, 3.8) is 0 Å². The summed E-state index contributed by atoms with van der Waals surface area (Å²) < 4.78 is 22.1. The zero-order valence-corrected chi connectivity index (χ0v) is 31.4. The molecular formula is C38H75N2O6P. The molecule has 0 aliphatic heterocycles. The van der Waals surface area contributed by atoms with Crippen molar-refractivity contribution in [2.75, 3.05) is 19.8 Å². The van der Waals surface area contributed by atoms with Gasteiger partial charge in [-0.1, -0.05) is 154 Å². The molecular weight excluding hydrogens is 611 g/mol. The third-order valence-corrected chi connectivity index (χ3v) is 9.54. The minimum Gasteiger partial charge on any atom is -0.391 e. The summed E-state index contributed by atoms with van der Waals surface area (Å²) in [4.78, 5) is 22.6. The van der Waals surface area contributed by atoms with Gasteiger partial charge in [-0.3, -0.25) is 13.8 Å². The van der Waals surface area contributed by atoms with Gasteiger partial charge in [-0.25, -0.2) is 4.57 Å². The van der Waals surface area contributed by atoms with Gasteiger partial charge in [-0.15, -0.1) is 0 Å². The quantitative estimate of drug-likeness (QED) is 0.0293. The molecule has 0 radical (unpaired) electrons. The Labute approximate surface area is 289 Å². The first-order chi connectivity index (χ1) is 22.9. The average molecular weight is 687 g/mol. The summed E-state index contributed by atoms with van der Waals surface area (Å²) in [5.74, 6) is -0.171. The minimum absolute atomic E-state index is 0.0876. The Kier molecular flexibility index (Phi) is 34.1. The van der Waals surface area contributed by atoms with Crippen molar-refractivity contribution in [1.82, 2.24) is 5.32 Å². The normalized spacial score (nSPS) is 14.6. The molecule has 0 aromatic rings. The molecule has 8 nitrogen and oxygen atoms in total. The Morgan fingerprint density at radius 2 is 1.17 bits per heavy atom. The molecule has 0 heterocycles. The molecule has 278 valence electrons. The number of amides is 1. The number of carbonyl (C=O) groups excluding carboxylic acids is 1. The van der Waals surface area contributed by atoms with E-state index < -0.39 is 20.0 Å². The van der Waals surface area contributed by atoms with Crippen molar-refractivity contribution in [1.29, 1.82) is 0 Å². The topological polar surface area (TPSA) is 131 Å². The van der Waals surface area contributed by atoms with Gasteiger partial charge < -0.3 is 21.1 Å². The van der Waals surface area contributed by atoms with Crippen LogP contribution in [-0.4, -0.2) is 47.8 Å². The van der Waals surface area contributed by atoms with E-state index in [1.807, 2.05) is 0 Å². The first-order valence-electron chi connectivity index (χ1n) is 19.5. The van der Waals surface area contributed by atoms with Crippen molar-refractivity contribution in [3.8, 4) is 0 Å². The van der Waals surface area contributed by atoms with E-state index in [1.54, 1.807) is 0 Å². The van der Waals surface area contributed by atoms with E-state index in [0.29, 0.717) is 12.8 Å². The van der Waals surface area contributed by atoms with E-state index in [1.165, 1.54) is 103 Å². The van der Waals surface area contributed by atoms with Gasteiger partial charge in [0.1, 0.15) is 0 Å². The fourth-order valence-corrected chi connectivity index (χ4v) is 6.34. The summed E-state index contributed by atoms with van der Waals surface area (Å²) in [6, 6.07) is -0.775. The largest absolute Gasteiger partial charge is 0.472 e. The van der Waals surface area contributed by atoms with Crippen molar-refractivity contribution < 1.29 is 28.4 Å². The molecule has 0 aliphatic carbocycles. The molecule has 0 rings (SSSR count). The number of nitrogens with one attached hydrogen (secondary N) is 1. The number of phosphoric ester groups is 1. The van der Waals surface area contributed by atoms with Gasteiger partial charge in [0.05, 0.1) is 25.4 Å². The Hall–Kier alpha value is -1.02. The van der Waals surface area contributed by atoms with Crippen molar-refractivity contribution >= 4 is 13.7 Å². The number of aliphatic hydroxyl groups is 1. The second kappa shape index (κ2) is 34.8. The molecule has 0 aromatic heterocycles. The standard InChI is InChI=1S/C38H75N2O6P/c1-3-5-7-9-11-13-15-16-17-18-19-20-22-24-26-28-30-32-38(42)40-36(35-46-47(43,44)45-34-33-39)37(41)31-29-27-25-23-21-14-12-10-8-6-4-2/h11,13,16-17,36-37,41H,3-10,12,14-15,18-35,39H2,1-2H3,(H,40,42)(H,43,44)/b13-11-,17-16-. The van der Waals surface area contributed by atoms with E-state index >= 15 is 0 Å². The zero-order chi connectivity index (χ0) is 34.7. The molecule has 0 spiro atoms. The lowest BCUT2D eigenvalue weighted by molar-refractivity contribution is -0.123. The maximum Gasteiger partial charge on any atom is 0.472 e. The lowest BCUT2D eigenvalue weighted by Crippen LogP contribution is -2.46. The van der Waals surface area contributed by atoms with Crippen molar-refractivity contribution in [3.05, 3.63) is 24.3 Å². The van der Waals surface area contributed by atoms with Crippen LogP contribution in [0.15, 0.2) is 24.3 Å². The van der Waals surface area contributed by atoms with Gasteiger partial charge >= 0.3 is 7.82 Å². The second-order valence-electron chi connectivity index (χ2n) is 13.1. The summed E-state index contributed by atoms with van der Waals surface area (Å²) in [6.45, 7) is 4.16. The van der Waals surface area contributed by atoms with Crippen molar-refractivity contribution in [2.24, 2.45) is 5.73 Å². The number of unbranched alkanes of at least 4 members (excludes halogenated alkanes) is 20. The summed E-state index contributed by atoms with van der Waals surface area (Å²) in [6.07, 6.45) is 37.5. The van der Waals surface area contributed by atoms with Crippen LogP contribution in [-0.2, 0) is 18.4 Å². The lowest BCUT2D eigenvalue weighted by atomic mass is 10.0. The fraction of sp³-hybridized carbons (Fsp3) is 0.868. The van der Waals surface area contributed by atoms with E-state index in [-0.39, 0.29) is 25.7 Å². The highest BCUT2D eigenvalue weighted by atomic mass is 31.2. The van der Waals surface area contributed by atoms with Crippen LogP contribution in [0.4, 0.5) is 0 Å². The van der Waals surface area contributed by atoms with Gasteiger partial charge in [0, 0.05) is 13.0 Å². The number of allylic oxidation sites excluding steroid dienone is 4. The summed E-state index contributed by atoms with van der Waals surface area (Å²) in [5, 5.41) is 13.7. The summed E-state index contributed by atoms with van der Waals surface area (Å²) in [5.41, 5.74) is 5.36. The molecule has 3 unspecified atom stereocenters. The van der Waals surface area contributed by atoms with Gasteiger partial charge in [0.15, 0.2) is 0 Å². The number of aliphatic hydroxyl groups excluding tert-OH is 1. The van der Waals surface area contributed by atoms with E-state index in [4.69, 9.17) is 14.8 Å². The SMILES string of the molecule is CCCCC/C=C\C/C=C\CCCCCCCCCC(=O)NC(COP(=O)(O)OCCN)C(O)CCCCCCCCCCCCC. The van der Waals surface area contributed by atoms with Gasteiger partial charge in [-0.05, 0) is 44.9 Å². The molecule has 0 aromatic carbocycles. The van der Waals surface area contributed by atoms with E-state index in [2.05, 4.69) is 43.5 Å². The van der Waals surface area contributed by atoms with Crippen LogP contribution in [0.5, 0.6) is 0 Å². The monoisotopic (exact) mass is 687 g/mol. The maximum absolute atomic E-state index is 12.7. The third-order valence-electron chi connectivity index (χ3n) is 8.56. The number of phosphoric acid groups is 1. The highest BCUT2D eigenvalue weighted by Gasteiger charge is 2.27.